The molecular weight excluding hydrogens is 262 g/mol. The maximum Gasteiger partial charge on any atom is 0.239 e. The zero-order valence-corrected chi connectivity index (χ0v) is 13.2. The number of hydrogen-bond acceptors (Lipinski definition) is 4. The highest BCUT2D eigenvalue weighted by Gasteiger charge is 2.12. The quantitative estimate of drug-likeness (QED) is 0.883. The maximum atomic E-state index is 5.38. The molecule has 0 aliphatic carbocycles. The van der Waals surface area contributed by atoms with Crippen LogP contribution < -0.4 is 15.0 Å². The Balaban J connectivity index is 2.27. The molecule has 4 nitrogen and oxygen atoms in total. The molecule has 1 aromatic heterocycles. The van der Waals surface area contributed by atoms with Gasteiger partial charge in [0.05, 0.1) is 12.8 Å². The zero-order chi connectivity index (χ0) is 15.2. The third-order valence-corrected chi connectivity index (χ3v) is 3.52. The van der Waals surface area contributed by atoms with Crippen LogP contribution in [0, 0.1) is 0 Å². The summed E-state index contributed by atoms with van der Waals surface area (Å²) in [6.07, 6.45) is 2.79. The highest BCUT2D eigenvalue weighted by molar-refractivity contribution is 5.74. The Bertz CT molecular complexity index is 596. The van der Waals surface area contributed by atoms with Crippen molar-refractivity contribution < 1.29 is 4.74 Å². The number of benzene rings is 1. The average molecular weight is 285 g/mol. The van der Waals surface area contributed by atoms with Crippen LogP contribution in [0.2, 0.25) is 0 Å². The summed E-state index contributed by atoms with van der Waals surface area (Å²) >= 11 is 0. The number of methoxy groups -OCH3 is 1. The number of nitrogens with one attached hydrogen (secondary N) is 1. The van der Waals surface area contributed by atoms with E-state index in [2.05, 4.69) is 46.4 Å². The van der Waals surface area contributed by atoms with E-state index < -0.39 is 0 Å². The summed E-state index contributed by atoms with van der Waals surface area (Å²) in [4.78, 5) is 6.34. The third-order valence-electron chi connectivity index (χ3n) is 3.52. The monoisotopic (exact) mass is 285 g/mol. The Morgan fingerprint density at radius 2 is 1.86 bits per heavy atom. The van der Waals surface area contributed by atoms with Gasteiger partial charge in [-0.05, 0) is 23.6 Å². The molecule has 4 heteroatoms. The lowest BCUT2D eigenvalue weighted by Crippen LogP contribution is -2.14. The van der Waals surface area contributed by atoms with Crippen LogP contribution in [0.4, 0.5) is 11.4 Å². The van der Waals surface area contributed by atoms with Gasteiger partial charge in [-0.3, -0.25) is 0 Å². The van der Waals surface area contributed by atoms with Crippen molar-refractivity contribution >= 4 is 11.4 Å². The van der Waals surface area contributed by atoms with Crippen molar-refractivity contribution in [3.63, 3.8) is 0 Å². The van der Waals surface area contributed by atoms with Crippen molar-refractivity contribution in [3.05, 3.63) is 47.7 Å². The molecule has 0 saturated carbocycles. The normalized spacial score (nSPS) is 10.3. The Hall–Kier alpha value is -2.23. The van der Waals surface area contributed by atoms with E-state index in [-0.39, 0.29) is 0 Å². The van der Waals surface area contributed by atoms with Crippen LogP contribution in [0.5, 0.6) is 5.88 Å². The van der Waals surface area contributed by atoms with Gasteiger partial charge in [0.15, 0.2) is 0 Å². The molecule has 0 amide bonds. The van der Waals surface area contributed by atoms with E-state index in [1.165, 1.54) is 11.1 Å². The number of ether oxygens (including phenoxy) is 1. The van der Waals surface area contributed by atoms with E-state index in [4.69, 9.17) is 4.74 Å². The summed E-state index contributed by atoms with van der Waals surface area (Å²) < 4.78 is 5.38. The predicted molar refractivity (Wildman–Crippen MR) is 88.3 cm³/mol. The summed E-state index contributed by atoms with van der Waals surface area (Å²) in [5.41, 5.74) is 4.65. The van der Waals surface area contributed by atoms with E-state index in [0.29, 0.717) is 5.88 Å². The van der Waals surface area contributed by atoms with Gasteiger partial charge in [0.1, 0.15) is 5.69 Å². The molecule has 21 heavy (non-hydrogen) atoms. The number of hydrogen-bond donors (Lipinski definition) is 1. The van der Waals surface area contributed by atoms with Crippen molar-refractivity contribution in [1.82, 2.24) is 4.98 Å². The van der Waals surface area contributed by atoms with Crippen molar-refractivity contribution in [2.24, 2.45) is 0 Å². The summed E-state index contributed by atoms with van der Waals surface area (Å²) in [6, 6.07) is 10.5. The molecule has 0 aliphatic heterocycles. The molecular formula is C17H23N3O. The minimum atomic E-state index is 0.621. The minimum absolute atomic E-state index is 0.621. The van der Waals surface area contributed by atoms with Gasteiger partial charge >= 0.3 is 0 Å². The number of pyridine rings is 1. The first-order chi connectivity index (χ1) is 10.2. The van der Waals surface area contributed by atoms with Crippen LogP contribution in [0.1, 0.15) is 18.1 Å². The van der Waals surface area contributed by atoms with Crippen LogP contribution in [-0.2, 0) is 13.0 Å². The largest absolute Gasteiger partial charge is 0.479 e. The molecule has 1 N–H and O–H groups in total. The highest BCUT2D eigenvalue weighted by atomic mass is 16.5. The van der Waals surface area contributed by atoms with Gasteiger partial charge in [0, 0.05) is 26.8 Å². The molecule has 0 bridgehead atoms. The molecule has 0 spiro atoms. The van der Waals surface area contributed by atoms with Gasteiger partial charge in [-0.15, -0.1) is 0 Å². The van der Waals surface area contributed by atoms with Crippen molar-refractivity contribution in [3.8, 4) is 5.88 Å². The standard InChI is InChI=1S/C17H23N3O/c1-5-13-8-6-7-9-14(13)12-19-16-15(20(2)3)10-11-18-17(16)21-4/h6-11,19H,5,12H2,1-4H3. The number of anilines is 2. The van der Waals surface area contributed by atoms with E-state index >= 15 is 0 Å². The van der Waals surface area contributed by atoms with E-state index in [1.807, 2.05) is 20.2 Å². The van der Waals surface area contributed by atoms with Crippen molar-refractivity contribution in [1.29, 1.82) is 0 Å². The van der Waals surface area contributed by atoms with Crippen LogP contribution in [0.25, 0.3) is 0 Å². The van der Waals surface area contributed by atoms with Crippen molar-refractivity contribution in [2.75, 3.05) is 31.4 Å². The van der Waals surface area contributed by atoms with Gasteiger partial charge in [-0.1, -0.05) is 31.2 Å². The molecule has 0 unspecified atom stereocenters. The van der Waals surface area contributed by atoms with E-state index in [9.17, 15) is 0 Å². The van der Waals surface area contributed by atoms with E-state index in [0.717, 1.165) is 24.3 Å². The van der Waals surface area contributed by atoms with Gasteiger partial charge in [-0.2, -0.15) is 0 Å². The van der Waals surface area contributed by atoms with Gasteiger partial charge in [-0.25, -0.2) is 4.98 Å². The lowest BCUT2D eigenvalue weighted by atomic mass is 10.1. The first-order valence-corrected chi connectivity index (χ1v) is 7.18. The molecule has 0 radical (unpaired) electrons. The summed E-state index contributed by atoms with van der Waals surface area (Å²) in [5.74, 6) is 0.621. The average Bonchev–Trinajstić information content (AvgIpc) is 2.52. The number of rotatable bonds is 6. The summed E-state index contributed by atoms with van der Waals surface area (Å²) in [6.45, 7) is 2.93. The second-order valence-electron chi connectivity index (χ2n) is 5.08. The first kappa shape index (κ1) is 15.2. The Morgan fingerprint density at radius 3 is 2.48 bits per heavy atom. The number of nitrogens with zero attached hydrogens (tertiary/aromatic N) is 2. The first-order valence-electron chi connectivity index (χ1n) is 7.18. The highest BCUT2D eigenvalue weighted by Crippen LogP contribution is 2.32. The zero-order valence-electron chi connectivity index (χ0n) is 13.2. The van der Waals surface area contributed by atoms with Crippen LogP contribution in [0.15, 0.2) is 36.5 Å². The molecule has 0 atom stereocenters. The molecule has 2 rings (SSSR count). The molecule has 1 aromatic carbocycles. The second kappa shape index (κ2) is 6.97. The Labute approximate surface area is 126 Å². The van der Waals surface area contributed by atoms with Crippen molar-refractivity contribution in [2.45, 2.75) is 19.9 Å². The Morgan fingerprint density at radius 1 is 1.14 bits per heavy atom. The third kappa shape index (κ3) is 3.45. The van der Waals surface area contributed by atoms with Crippen LogP contribution in [-0.4, -0.2) is 26.2 Å². The smallest absolute Gasteiger partial charge is 0.239 e. The predicted octanol–water partition coefficient (Wildman–Crippen LogP) is 3.33. The second-order valence-corrected chi connectivity index (χ2v) is 5.08. The molecule has 112 valence electrons. The van der Waals surface area contributed by atoms with Crippen LogP contribution >= 0.6 is 0 Å². The topological polar surface area (TPSA) is 37.4 Å². The molecule has 0 saturated heterocycles. The SMILES string of the molecule is CCc1ccccc1CNc1c(N(C)C)ccnc1OC. The Kier molecular flexibility index (Phi) is 5.04. The maximum absolute atomic E-state index is 5.38. The lowest BCUT2D eigenvalue weighted by Gasteiger charge is -2.20. The molecule has 2 aromatic rings. The lowest BCUT2D eigenvalue weighted by molar-refractivity contribution is 0.400. The fourth-order valence-electron chi connectivity index (χ4n) is 2.39. The molecule has 0 fully saturated rings. The van der Waals surface area contributed by atoms with Gasteiger partial charge in [0.2, 0.25) is 5.88 Å². The van der Waals surface area contributed by atoms with Gasteiger partial charge in [0.25, 0.3) is 0 Å². The summed E-state index contributed by atoms with van der Waals surface area (Å²) in [5, 5.41) is 3.48. The fourth-order valence-corrected chi connectivity index (χ4v) is 2.39. The number of aryl methyl sites for hydroxylation is 1. The minimum Gasteiger partial charge on any atom is -0.479 e. The number of aromatic nitrogens is 1. The fraction of sp³-hybridized carbons (Fsp3) is 0.353. The van der Waals surface area contributed by atoms with Gasteiger partial charge < -0.3 is 15.0 Å². The van der Waals surface area contributed by atoms with Crippen LogP contribution in [0.3, 0.4) is 0 Å². The molecule has 1 heterocycles. The molecule has 0 aliphatic rings. The van der Waals surface area contributed by atoms with E-state index in [1.54, 1.807) is 13.3 Å². The summed E-state index contributed by atoms with van der Waals surface area (Å²) in [7, 11) is 5.67.